The van der Waals surface area contributed by atoms with Crippen molar-refractivity contribution in [2.75, 3.05) is 25.6 Å². The number of nitrogens with two attached hydrogens (primary N) is 1. The van der Waals surface area contributed by atoms with E-state index in [-0.39, 0.29) is 35.9 Å². The number of carbonyl (C=O) groups is 2. The summed E-state index contributed by atoms with van der Waals surface area (Å²) in [5.41, 5.74) is 4.42. The van der Waals surface area contributed by atoms with E-state index in [9.17, 15) is 22.8 Å². The van der Waals surface area contributed by atoms with Crippen LogP contribution in [0.25, 0.3) is 0 Å². The van der Waals surface area contributed by atoms with Crippen LogP contribution in [-0.4, -0.2) is 43.8 Å². The summed E-state index contributed by atoms with van der Waals surface area (Å²) in [6.07, 6.45) is -1.91. The lowest BCUT2D eigenvalue weighted by Gasteiger charge is -2.27. The number of ether oxygens (including phenoxy) is 1. The minimum absolute atomic E-state index is 0.00280. The molecule has 0 aliphatic carbocycles. The SMILES string of the molecule is CN=CC(=CN)C(=O)N[C@@]1(C(=O)NCc2ccc(Nc3ccc(Cl)cc3C(F)(F)F)cc2)CCOC1. The van der Waals surface area contributed by atoms with Gasteiger partial charge < -0.3 is 26.4 Å². The zero-order chi connectivity index (χ0) is 26.3. The average Bonchev–Trinajstić information content (AvgIpc) is 3.32. The number of alkyl halides is 3. The topological polar surface area (TPSA) is 118 Å². The molecule has 1 fully saturated rings. The summed E-state index contributed by atoms with van der Waals surface area (Å²) < 4.78 is 45.3. The van der Waals surface area contributed by atoms with Crippen LogP contribution in [0.5, 0.6) is 0 Å². The van der Waals surface area contributed by atoms with Gasteiger partial charge in [0, 0.05) is 49.7 Å². The van der Waals surface area contributed by atoms with Crippen molar-refractivity contribution >= 4 is 41.0 Å². The predicted octanol–water partition coefficient (Wildman–Crippen LogP) is 3.54. The molecule has 0 spiro atoms. The van der Waals surface area contributed by atoms with Gasteiger partial charge in [0.15, 0.2) is 0 Å². The van der Waals surface area contributed by atoms with E-state index < -0.39 is 29.1 Å². The van der Waals surface area contributed by atoms with Gasteiger partial charge in [-0.05, 0) is 35.9 Å². The van der Waals surface area contributed by atoms with Gasteiger partial charge in [0.1, 0.15) is 5.54 Å². The number of hydrogen-bond acceptors (Lipinski definition) is 6. The fourth-order valence-electron chi connectivity index (χ4n) is 3.58. The molecule has 192 valence electrons. The minimum atomic E-state index is -4.57. The molecule has 3 rings (SSSR count). The number of hydrogen-bond donors (Lipinski definition) is 4. The second-order valence-corrected chi connectivity index (χ2v) is 8.48. The molecule has 2 aromatic carbocycles. The van der Waals surface area contributed by atoms with Crippen molar-refractivity contribution < 1.29 is 27.5 Å². The highest BCUT2D eigenvalue weighted by atomic mass is 35.5. The Kier molecular flexibility index (Phi) is 8.59. The second kappa shape index (κ2) is 11.4. The van der Waals surface area contributed by atoms with Gasteiger partial charge in [-0.1, -0.05) is 23.7 Å². The van der Waals surface area contributed by atoms with Gasteiger partial charge >= 0.3 is 6.18 Å². The Labute approximate surface area is 210 Å². The lowest BCUT2D eigenvalue weighted by molar-refractivity contribution is -0.137. The largest absolute Gasteiger partial charge is 0.418 e. The monoisotopic (exact) mass is 523 g/mol. The molecule has 0 unspecified atom stereocenters. The standard InChI is InChI=1S/C24H25ClF3N5O3/c1-30-13-16(11-29)21(34)33-23(8-9-36-14-23)22(35)31-12-15-2-5-18(6-3-15)32-20-7-4-17(25)10-19(20)24(26,27)28/h2-7,10-11,13,32H,8-9,12,14,29H2,1H3,(H,31,35)(H,33,34)/t23-/m0/s1. The highest BCUT2D eigenvalue weighted by Gasteiger charge is 2.44. The minimum Gasteiger partial charge on any atom is -0.404 e. The quantitative estimate of drug-likeness (QED) is 0.312. The zero-order valence-corrected chi connectivity index (χ0v) is 20.0. The van der Waals surface area contributed by atoms with Gasteiger partial charge in [-0.25, -0.2) is 0 Å². The molecular formula is C24H25ClF3N5O3. The fraction of sp³-hybridized carbons (Fsp3) is 0.292. The predicted molar refractivity (Wildman–Crippen MR) is 131 cm³/mol. The number of halogens is 4. The van der Waals surface area contributed by atoms with Crippen molar-refractivity contribution in [2.24, 2.45) is 10.7 Å². The van der Waals surface area contributed by atoms with Crippen LogP contribution in [0.2, 0.25) is 5.02 Å². The molecule has 2 amide bonds. The maximum Gasteiger partial charge on any atom is 0.418 e. The average molecular weight is 524 g/mol. The number of benzene rings is 2. The van der Waals surface area contributed by atoms with Crippen LogP contribution in [0.1, 0.15) is 17.5 Å². The molecule has 5 N–H and O–H groups in total. The Morgan fingerprint density at radius 2 is 1.94 bits per heavy atom. The molecular weight excluding hydrogens is 499 g/mol. The van der Waals surface area contributed by atoms with Gasteiger partial charge in [-0.15, -0.1) is 0 Å². The second-order valence-electron chi connectivity index (χ2n) is 8.04. The molecule has 12 heteroatoms. The molecule has 0 bridgehead atoms. The summed E-state index contributed by atoms with van der Waals surface area (Å²) in [6.45, 7) is 0.418. The molecule has 1 aliphatic heterocycles. The van der Waals surface area contributed by atoms with Crippen molar-refractivity contribution in [3.8, 4) is 0 Å². The Balaban J connectivity index is 1.66. The first-order valence-corrected chi connectivity index (χ1v) is 11.2. The van der Waals surface area contributed by atoms with Crippen molar-refractivity contribution in [1.29, 1.82) is 0 Å². The molecule has 8 nitrogen and oxygen atoms in total. The summed E-state index contributed by atoms with van der Waals surface area (Å²) in [5.74, 6) is -0.990. The van der Waals surface area contributed by atoms with E-state index in [1.54, 1.807) is 24.3 Å². The van der Waals surface area contributed by atoms with E-state index in [0.29, 0.717) is 17.9 Å². The number of nitrogens with zero attached hydrogens (tertiary/aromatic N) is 1. The molecule has 0 aromatic heterocycles. The van der Waals surface area contributed by atoms with Crippen molar-refractivity contribution in [2.45, 2.75) is 24.7 Å². The smallest absolute Gasteiger partial charge is 0.404 e. The number of aliphatic imine (C=N–C) groups is 1. The molecule has 2 aromatic rings. The highest BCUT2D eigenvalue weighted by Crippen LogP contribution is 2.37. The molecule has 0 saturated carbocycles. The van der Waals surface area contributed by atoms with Crippen LogP contribution in [-0.2, 0) is 27.0 Å². The third kappa shape index (κ3) is 6.55. The molecule has 1 heterocycles. The summed E-state index contributed by atoms with van der Waals surface area (Å²) >= 11 is 5.72. The van der Waals surface area contributed by atoms with Crippen molar-refractivity contribution in [1.82, 2.24) is 10.6 Å². The first-order valence-electron chi connectivity index (χ1n) is 10.8. The Hall–Kier alpha value is -3.57. The van der Waals surface area contributed by atoms with Gasteiger partial charge in [0.25, 0.3) is 5.91 Å². The maximum atomic E-state index is 13.3. The van der Waals surface area contributed by atoms with Gasteiger partial charge in [0.2, 0.25) is 5.91 Å². The van der Waals surface area contributed by atoms with E-state index in [4.69, 9.17) is 22.1 Å². The van der Waals surface area contributed by atoms with E-state index in [2.05, 4.69) is 20.9 Å². The number of rotatable bonds is 8. The van der Waals surface area contributed by atoms with Crippen LogP contribution in [0.3, 0.4) is 0 Å². The summed E-state index contributed by atoms with van der Waals surface area (Å²) in [7, 11) is 1.49. The lowest BCUT2D eigenvalue weighted by atomic mass is 9.96. The molecule has 36 heavy (non-hydrogen) atoms. The number of amides is 2. The summed E-state index contributed by atoms with van der Waals surface area (Å²) in [4.78, 5) is 29.3. The molecule has 1 saturated heterocycles. The van der Waals surface area contributed by atoms with Crippen LogP contribution >= 0.6 is 11.6 Å². The summed E-state index contributed by atoms with van der Waals surface area (Å²) in [5, 5.41) is 8.20. The number of carbonyl (C=O) groups excluding carboxylic acids is 2. The molecule has 1 aliphatic rings. The van der Waals surface area contributed by atoms with Crippen LogP contribution in [0, 0.1) is 0 Å². The van der Waals surface area contributed by atoms with Crippen LogP contribution in [0.4, 0.5) is 24.5 Å². The fourth-order valence-corrected chi connectivity index (χ4v) is 3.75. The third-order valence-electron chi connectivity index (χ3n) is 5.49. The molecule has 0 radical (unpaired) electrons. The zero-order valence-electron chi connectivity index (χ0n) is 19.3. The number of anilines is 2. The first-order chi connectivity index (χ1) is 17.1. The first kappa shape index (κ1) is 27.0. The Bertz CT molecular complexity index is 1160. The third-order valence-corrected chi connectivity index (χ3v) is 5.73. The van der Waals surface area contributed by atoms with Crippen molar-refractivity contribution in [3.63, 3.8) is 0 Å². The van der Waals surface area contributed by atoms with Crippen molar-refractivity contribution in [3.05, 3.63) is 70.4 Å². The summed E-state index contributed by atoms with van der Waals surface area (Å²) in [6, 6.07) is 9.99. The van der Waals surface area contributed by atoms with Crippen LogP contribution < -0.4 is 21.7 Å². The Morgan fingerprint density at radius 3 is 2.53 bits per heavy atom. The lowest BCUT2D eigenvalue weighted by Crippen LogP contribution is -2.59. The maximum absolute atomic E-state index is 13.3. The Morgan fingerprint density at radius 1 is 1.22 bits per heavy atom. The highest BCUT2D eigenvalue weighted by molar-refractivity contribution is 6.30. The van der Waals surface area contributed by atoms with E-state index >= 15 is 0 Å². The van der Waals surface area contributed by atoms with Crippen LogP contribution in [0.15, 0.2) is 59.2 Å². The van der Waals surface area contributed by atoms with E-state index in [1.807, 2.05) is 0 Å². The number of nitrogens with one attached hydrogen (secondary N) is 3. The normalized spacial score (nSPS) is 18.3. The van der Waals surface area contributed by atoms with Gasteiger partial charge in [-0.2, -0.15) is 13.2 Å². The van der Waals surface area contributed by atoms with E-state index in [0.717, 1.165) is 12.3 Å². The van der Waals surface area contributed by atoms with Gasteiger partial charge in [-0.3, -0.25) is 14.6 Å². The van der Waals surface area contributed by atoms with E-state index in [1.165, 1.54) is 25.4 Å². The molecule has 1 atom stereocenters. The van der Waals surface area contributed by atoms with Gasteiger partial charge in [0.05, 0.1) is 23.4 Å².